The van der Waals surface area contributed by atoms with Gasteiger partial charge in [-0.15, -0.1) is 0 Å². The molecule has 144 valence electrons. The summed E-state index contributed by atoms with van der Waals surface area (Å²) in [5.74, 6) is -2.67. The Balaban J connectivity index is 2.40. The minimum Gasteiger partial charge on any atom is -0.478 e. The number of halogens is 5. The second-order valence-electron chi connectivity index (χ2n) is 5.68. The molecule has 3 rings (SSSR count). The zero-order chi connectivity index (χ0) is 20.5. The monoisotopic (exact) mass is 426 g/mol. The van der Waals surface area contributed by atoms with E-state index < -0.39 is 18.0 Å². The minimum atomic E-state index is -4.83. The molecule has 0 aliphatic carbocycles. The van der Waals surface area contributed by atoms with Gasteiger partial charge in [0, 0.05) is 33.4 Å². The van der Waals surface area contributed by atoms with Crippen LogP contribution >= 0.6 is 23.2 Å². The van der Waals surface area contributed by atoms with Crippen molar-refractivity contribution in [2.24, 2.45) is 0 Å². The van der Waals surface area contributed by atoms with Crippen molar-refractivity contribution in [2.75, 3.05) is 0 Å². The number of carbonyl (C=O) groups is 1. The van der Waals surface area contributed by atoms with Crippen molar-refractivity contribution in [3.63, 3.8) is 0 Å². The maximum absolute atomic E-state index is 13.6. The Kier molecular flexibility index (Phi) is 5.49. The van der Waals surface area contributed by atoms with Gasteiger partial charge in [0.15, 0.2) is 0 Å². The topological polar surface area (TPSA) is 55.1 Å². The molecule has 0 spiro atoms. The molecular weight excluding hydrogens is 416 g/mol. The molecule has 28 heavy (non-hydrogen) atoms. The van der Waals surface area contributed by atoms with Crippen LogP contribution in [-0.4, -0.2) is 20.6 Å². The zero-order valence-corrected chi connectivity index (χ0v) is 15.4. The maximum Gasteiger partial charge on any atom is 0.450 e. The first-order valence-electron chi connectivity index (χ1n) is 7.79. The third-order valence-electron chi connectivity index (χ3n) is 3.73. The standard InChI is InChI=1S/C19H11Cl2F3N2O2/c20-13-5-1-3-11(9-13)16-17(12-4-2-6-14(21)10-12)26(8-7-15(27)28)18(25-16)19(22,23)24/h1-10H,(H,27,28)/b8-7+. The van der Waals surface area contributed by atoms with E-state index in [2.05, 4.69) is 4.98 Å². The Morgan fingerprint density at radius 2 is 1.61 bits per heavy atom. The number of aliphatic carboxylic acids is 1. The predicted octanol–water partition coefficient (Wildman–Crippen LogP) is 6.10. The number of alkyl halides is 3. The summed E-state index contributed by atoms with van der Waals surface area (Å²) in [5.41, 5.74) is 0.706. The van der Waals surface area contributed by atoms with Crippen molar-refractivity contribution < 1.29 is 23.1 Å². The highest BCUT2D eigenvalue weighted by atomic mass is 35.5. The fourth-order valence-corrected chi connectivity index (χ4v) is 3.05. The van der Waals surface area contributed by atoms with Crippen LogP contribution in [0.1, 0.15) is 5.82 Å². The van der Waals surface area contributed by atoms with Crippen molar-refractivity contribution >= 4 is 35.4 Å². The first-order valence-corrected chi connectivity index (χ1v) is 8.55. The van der Waals surface area contributed by atoms with Crippen molar-refractivity contribution in [3.8, 4) is 22.5 Å². The molecule has 9 heteroatoms. The molecule has 0 aliphatic rings. The average molecular weight is 427 g/mol. The van der Waals surface area contributed by atoms with Crippen LogP contribution < -0.4 is 0 Å². The van der Waals surface area contributed by atoms with Gasteiger partial charge in [-0.1, -0.05) is 47.5 Å². The zero-order valence-electron chi connectivity index (χ0n) is 13.9. The second-order valence-corrected chi connectivity index (χ2v) is 6.55. The molecule has 0 saturated heterocycles. The number of hydrogen-bond acceptors (Lipinski definition) is 2. The highest BCUT2D eigenvalue weighted by Gasteiger charge is 2.39. The summed E-state index contributed by atoms with van der Waals surface area (Å²) in [4.78, 5) is 14.7. The molecule has 0 radical (unpaired) electrons. The number of hydrogen-bond donors (Lipinski definition) is 1. The number of carboxylic acids is 1. The van der Waals surface area contributed by atoms with Crippen LogP contribution in [0.4, 0.5) is 13.2 Å². The van der Waals surface area contributed by atoms with E-state index in [1.54, 1.807) is 36.4 Å². The summed E-state index contributed by atoms with van der Waals surface area (Å²) in [6.45, 7) is 0. The third-order valence-corrected chi connectivity index (χ3v) is 4.20. The van der Waals surface area contributed by atoms with Gasteiger partial charge in [0.25, 0.3) is 0 Å². The molecule has 0 unspecified atom stereocenters. The van der Waals surface area contributed by atoms with Crippen molar-refractivity contribution in [1.29, 1.82) is 0 Å². The Morgan fingerprint density at radius 3 is 2.14 bits per heavy atom. The lowest BCUT2D eigenvalue weighted by Gasteiger charge is -2.11. The van der Waals surface area contributed by atoms with Crippen LogP contribution in [0, 0.1) is 0 Å². The number of carboxylic acid groups (broad SMARTS) is 1. The van der Waals surface area contributed by atoms with Crippen LogP contribution in [0.25, 0.3) is 28.7 Å². The first kappa shape index (κ1) is 20.0. The van der Waals surface area contributed by atoms with Gasteiger partial charge in [0.1, 0.15) is 0 Å². The van der Waals surface area contributed by atoms with Crippen LogP contribution in [0.5, 0.6) is 0 Å². The molecule has 3 aromatic rings. The molecule has 0 atom stereocenters. The lowest BCUT2D eigenvalue weighted by Crippen LogP contribution is -2.12. The van der Waals surface area contributed by atoms with E-state index in [-0.39, 0.29) is 11.4 Å². The summed E-state index contributed by atoms with van der Waals surface area (Å²) in [6.07, 6.45) is -3.41. The van der Waals surface area contributed by atoms with Crippen LogP contribution in [0.15, 0.2) is 54.6 Å². The van der Waals surface area contributed by atoms with Gasteiger partial charge in [-0.25, -0.2) is 9.78 Å². The van der Waals surface area contributed by atoms with E-state index in [1.807, 2.05) is 0 Å². The van der Waals surface area contributed by atoms with E-state index >= 15 is 0 Å². The fourth-order valence-electron chi connectivity index (χ4n) is 2.66. The number of benzene rings is 2. The van der Waals surface area contributed by atoms with Crippen LogP contribution in [-0.2, 0) is 11.0 Å². The van der Waals surface area contributed by atoms with Crippen molar-refractivity contribution in [2.45, 2.75) is 6.18 Å². The SMILES string of the molecule is O=C(O)/C=C/n1c(C(F)(F)F)nc(-c2cccc(Cl)c2)c1-c1cccc(Cl)c1. The normalized spacial score (nSPS) is 11.9. The molecule has 4 nitrogen and oxygen atoms in total. The van der Waals surface area contributed by atoms with Gasteiger partial charge in [0.05, 0.1) is 11.4 Å². The molecule has 1 N–H and O–H groups in total. The van der Waals surface area contributed by atoms with E-state index in [9.17, 15) is 18.0 Å². The summed E-state index contributed by atoms with van der Waals surface area (Å²) < 4.78 is 41.6. The lowest BCUT2D eigenvalue weighted by atomic mass is 10.0. The third kappa shape index (κ3) is 4.21. The summed E-state index contributed by atoms with van der Waals surface area (Å²) in [5, 5.41) is 9.52. The summed E-state index contributed by atoms with van der Waals surface area (Å²) in [7, 11) is 0. The highest BCUT2D eigenvalue weighted by Crippen LogP contribution is 2.39. The molecular formula is C19H11Cl2F3N2O2. The molecule has 2 aromatic carbocycles. The summed E-state index contributed by atoms with van der Waals surface area (Å²) >= 11 is 12.0. The second kappa shape index (κ2) is 7.69. The molecule has 1 heterocycles. The van der Waals surface area contributed by atoms with Gasteiger partial charge >= 0.3 is 12.1 Å². The molecule has 1 aromatic heterocycles. The Hall–Kier alpha value is -2.77. The fraction of sp³-hybridized carbons (Fsp3) is 0.0526. The van der Waals surface area contributed by atoms with Gasteiger partial charge in [-0.2, -0.15) is 13.2 Å². The Morgan fingerprint density at radius 1 is 1.04 bits per heavy atom. The number of imidazole rings is 1. The van der Waals surface area contributed by atoms with E-state index in [0.29, 0.717) is 31.8 Å². The maximum atomic E-state index is 13.6. The van der Waals surface area contributed by atoms with Gasteiger partial charge in [-0.05, 0) is 24.3 Å². The minimum absolute atomic E-state index is 0.00729. The smallest absolute Gasteiger partial charge is 0.450 e. The van der Waals surface area contributed by atoms with E-state index in [1.165, 1.54) is 12.1 Å². The largest absolute Gasteiger partial charge is 0.478 e. The van der Waals surface area contributed by atoms with Gasteiger partial charge < -0.3 is 5.11 Å². The first-order chi connectivity index (χ1) is 13.2. The predicted molar refractivity (Wildman–Crippen MR) is 101 cm³/mol. The van der Waals surface area contributed by atoms with Crippen molar-refractivity contribution in [1.82, 2.24) is 9.55 Å². The molecule has 0 saturated carbocycles. The van der Waals surface area contributed by atoms with Gasteiger partial charge in [0.2, 0.25) is 5.82 Å². The highest BCUT2D eigenvalue weighted by molar-refractivity contribution is 6.31. The quantitative estimate of drug-likeness (QED) is 0.512. The van der Waals surface area contributed by atoms with Gasteiger partial charge in [-0.3, -0.25) is 4.57 Å². The lowest BCUT2D eigenvalue weighted by molar-refractivity contribution is -0.145. The Labute approximate surface area is 167 Å². The number of aromatic nitrogens is 2. The van der Waals surface area contributed by atoms with Crippen LogP contribution in [0.2, 0.25) is 10.0 Å². The molecule has 0 amide bonds. The molecule has 0 bridgehead atoms. The van der Waals surface area contributed by atoms with Crippen LogP contribution in [0.3, 0.4) is 0 Å². The molecule has 0 fully saturated rings. The average Bonchev–Trinajstić information content (AvgIpc) is 3.00. The summed E-state index contributed by atoms with van der Waals surface area (Å²) in [6, 6.07) is 12.4. The number of nitrogens with zero attached hydrogens (tertiary/aromatic N) is 2. The Bertz CT molecular complexity index is 1080. The van der Waals surface area contributed by atoms with E-state index in [4.69, 9.17) is 28.3 Å². The van der Waals surface area contributed by atoms with E-state index in [0.717, 1.165) is 6.20 Å². The number of rotatable bonds is 4. The molecule has 0 aliphatic heterocycles. The van der Waals surface area contributed by atoms with Crippen molar-refractivity contribution in [3.05, 3.63) is 70.5 Å².